The number of aromatic nitrogens is 2. The molecule has 3 aromatic rings. The molecule has 2 heterocycles. The second-order valence-corrected chi connectivity index (χ2v) is 7.54. The van der Waals surface area contributed by atoms with Gasteiger partial charge in [0.25, 0.3) is 5.91 Å². The van der Waals surface area contributed by atoms with Gasteiger partial charge in [-0.25, -0.2) is 9.48 Å². The quantitative estimate of drug-likeness (QED) is 0.575. The van der Waals surface area contributed by atoms with Crippen LogP contribution >= 0.6 is 0 Å². The Hall–Kier alpha value is -4.15. The summed E-state index contributed by atoms with van der Waals surface area (Å²) in [6.45, 7) is 0.838. The smallest absolute Gasteiger partial charge is 0.323 e. The minimum atomic E-state index is -4.63. The van der Waals surface area contributed by atoms with Crippen LogP contribution in [0.5, 0.6) is 0 Å². The largest absolute Gasteiger partial charge is 0.416 e. The molecule has 4 amide bonds. The first-order valence-corrected chi connectivity index (χ1v) is 9.80. The fourth-order valence-corrected chi connectivity index (χ4v) is 3.56. The number of alkyl halides is 3. The van der Waals surface area contributed by atoms with E-state index in [2.05, 4.69) is 15.7 Å². The van der Waals surface area contributed by atoms with Gasteiger partial charge < -0.3 is 10.6 Å². The van der Waals surface area contributed by atoms with Gasteiger partial charge >= 0.3 is 12.2 Å². The number of nitrogens with one attached hydrogen (secondary N) is 2. The van der Waals surface area contributed by atoms with Crippen LogP contribution in [0, 0.1) is 0 Å². The van der Waals surface area contributed by atoms with E-state index in [1.165, 1.54) is 30.1 Å². The maximum atomic E-state index is 13.2. The topological polar surface area (TPSA) is 96.3 Å². The molecule has 4 rings (SSSR count). The van der Waals surface area contributed by atoms with E-state index < -0.39 is 41.7 Å². The van der Waals surface area contributed by atoms with E-state index in [4.69, 9.17) is 0 Å². The standard InChI is InChI=1S/C22H18F3N5O3/c1-21(14-6-3-2-4-7-14)19(32)29(20(33)28-21)13-18(31)27-16-12-15(22(23,24)25)8-9-17(16)30-11-5-10-26-30/h2-12H,13H2,1H3,(H,27,31)(H,28,33). The van der Waals surface area contributed by atoms with Crippen molar-refractivity contribution in [2.45, 2.75) is 18.6 Å². The molecule has 1 saturated heterocycles. The lowest BCUT2D eigenvalue weighted by Gasteiger charge is -2.22. The van der Waals surface area contributed by atoms with Crippen molar-refractivity contribution in [1.29, 1.82) is 0 Å². The molecule has 8 nitrogen and oxygen atoms in total. The van der Waals surface area contributed by atoms with Crippen LogP contribution in [0.4, 0.5) is 23.7 Å². The van der Waals surface area contributed by atoms with Gasteiger partial charge in [-0.1, -0.05) is 30.3 Å². The normalized spacial score (nSPS) is 18.4. The molecule has 0 aliphatic carbocycles. The number of hydrogen-bond donors (Lipinski definition) is 2. The molecule has 1 unspecified atom stereocenters. The Morgan fingerprint density at radius 3 is 2.48 bits per heavy atom. The fourth-order valence-electron chi connectivity index (χ4n) is 3.56. The van der Waals surface area contributed by atoms with Crippen molar-refractivity contribution in [1.82, 2.24) is 20.0 Å². The van der Waals surface area contributed by atoms with Crippen molar-refractivity contribution in [2.24, 2.45) is 0 Å². The Morgan fingerprint density at radius 1 is 1.12 bits per heavy atom. The summed E-state index contributed by atoms with van der Waals surface area (Å²) in [6.07, 6.45) is -1.70. The molecule has 1 aliphatic heterocycles. The lowest BCUT2D eigenvalue weighted by molar-refractivity contribution is -0.137. The molecule has 170 valence electrons. The molecule has 1 aliphatic rings. The lowest BCUT2D eigenvalue weighted by Crippen LogP contribution is -2.42. The van der Waals surface area contributed by atoms with E-state index in [1.807, 2.05) is 0 Å². The van der Waals surface area contributed by atoms with E-state index in [9.17, 15) is 27.6 Å². The average molecular weight is 457 g/mol. The third-order valence-electron chi connectivity index (χ3n) is 5.28. The SMILES string of the molecule is CC1(c2ccccc2)NC(=O)N(CC(=O)Nc2cc(C(F)(F)F)ccc2-n2cccn2)C1=O. The van der Waals surface area contributed by atoms with Crippen molar-refractivity contribution in [3.05, 3.63) is 78.1 Å². The van der Waals surface area contributed by atoms with Crippen molar-refractivity contribution < 1.29 is 27.6 Å². The van der Waals surface area contributed by atoms with Crippen LogP contribution in [0.1, 0.15) is 18.1 Å². The zero-order chi connectivity index (χ0) is 23.8. The van der Waals surface area contributed by atoms with Crippen LogP contribution in [-0.4, -0.2) is 39.1 Å². The number of nitrogens with zero attached hydrogens (tertiary/aromatic N) is 3. The van der Waals surface area contributed by atoms with Crippen molar-refractivity contribution in [3.63, 3.8) is 0 Å². The monoisotopic (exact) mass is 457 g/mol. The number of amides is 4. The summed E-state index contributed by atoms with van der Waals surface area (Å²) < 4.78 is 40.9. The molecule has 0 saturated carbocycles. The summed E-state index contributed by atoms with van der Waals surface area (Å²) >= 11 is 0. The highest BCUT2D eigenvalue weighted by Gasteiger charge is 2.49. The molecule has 0 bridgehead atoms. The average Bonchev–Trinajstić information content (AvgIpc) is 3.37. The van der Waals surface area contributed by atoms with Gasteiger partial charge in [0.15, 0.2) is 0 Å². The Kier molecular flexibility index (Phi) is 5.40. The number of rotatable bonds is 5. The highest BCUT2D eigenvalue weighted by molar-refractivity contribution is 6.10. The Labute approximate surface area is 186 Å². The first kappa shape index (κ1) is 22.1. The number of urea groups is 1. The summed E-state index contributed by atoms with van der Waals surface area (Å²) in [5.74, 6) is -1.49. The summed E-state index contributed by atoms with van der Waals surface area (Å²) in [5, 5.41) is 8.93. The van der Waals surface area contributed by atoms with Crippen molar-refractivity contribution in [2.75, 3.05) is 11.9 Å². The summed E-state index contributed by atoms with van der Waals surface area (Å²) in [4.78, 5) is 38.8. The summed E-state index contributed by atoms with van der Waals surface area (Å²) in [5.41, 5.74) is -1.79. The molecule has 33 heavy (non-hydrogen) atoms. The van der Waals surface area contributed by atoms with Crippen LogP contribution in [0.15, 0.2) is 67.0 Å². The van der Waals surface area contributed by atoms with Crippen molar-refractivity contribution >= 4 is 23.5 Å². The van der Waals surface area contributed by atoms with Crippen LogP contribution in [0.3, 0.4) is 0 Å². The predicted molar refractivity (Wildman–Crippen MR) is 111 cm³/mol. The van der Waals surface area contributed by atoms with E-state index >= 15 is 0 Å². The molecule has 0 spiro atoms. The van der Waals surface area contributed by atoms with E-state index in [0.29, 0.717) is 5.56 Å². The molecular weight excluding hydrogens is 439 g/mol. The third kappa shape index (κ3) is 4.16. The van der Waals surface area contributed by atoms with Crippen LogP contribution in [-0.2, 0) is 21.3 Å². The highest BCUT2D eigenvalue weighted by atomic mass is 19.4. The van der Waals surface area contributed by atoms with Gasteiger partial charge in [-0.2, -0.15) is 18.3 Å². The number of benzene rings is 2. The number of halogens is 3. The molecule has 11 heteroatoms. The van der Waals surface area contributed by atoms with Crippen LogP contribution < -0.4 is 10.6 Å². The van der Waals surface area contributed by atoms with Gasteiger partial charge in [0.05, 0.1) is 16.9 Å². The number of carbonyl (C=O) groups excluding carboxylic acids is 3. The molecule has 1 atom stereocenters. The summed E-state index contributed by atoms with van der Waals surface area (Å²) in [6, 6.07) is 12.1. The number of imide groups is 1. The lowest BCUT2D eigenvalue weighted by atomic mass is 9.92. The predicted octanol–water partition coefficient (Wildman–Crippen LogP) is 3.30. The van der Waals surface area contributed by atoms with Gasteiger partial charge in [0.1, 0.15) is 12.1 Å². The van der Waals surface area contributed by atoms with Gasteiger partial charge in [0, 0.05) is 12.4 Å². The molecule has 1 aromatic heterocycles. The van der Waals surface area contributed by atoms with Gasteiger partial charge in [0.2, 0.25) is 5.91 Å². The second-order valence-electron chi connectivity index (χ2n) is 7.54. The maximum absolute atomic E-state index is 13.2. The Bertz CT molecular complexity index is 1210. The highest BCUT2D eigenvalue weighted by Crippen LogP contribution is 2.33. The zero-order valence-corrected chi connectivity index (χ0v) is 17.3. The first-order chi connectivity index (χ1) is 15.6. The number of hydrogen-bond acceptors (Lipinski definition) is 4. The first-order valence-electron chi connectivity index (χ1n) is 9.80. The van der Waals surface area contributed by atoms with Crippen molar-refractivity contribution in [3.8, 4) is 5.69 Å². The van der Waals surface area contributed by atoms with Crippen LogP contribution in [0.2, 0.25) is 0 Å². The zero-order valence-electron chi connectivity index (χ0n) is 17.3. The number of anilines is 1. The van der Waals surface area contributed by atoms with Gasteiger partial charge in [-0.3, -0.25) is 14.5 Å². The molecule has 2 aromatic carbocycles. The van der Waals surface area contributed by atoms with Crippen LogP contribution in [0.25, 0.3) is 5.69 Å². The van der Waals surface area contributed by atoms with E-state index in [-0.39, 0.29) is 11.4 Å². The van der Waals surface area contributed by atoms with E-state index in [1.54, 1.807) is 36.4 Å². The molecular formula is C22H18F3N5O3. The minimum Gasteiger partial charge on any atom is -0.323 e. The molecule has 2 N–H and O–H groups in total. The molecule has 1 fully saturated rings. The second kappa shape index (κ2) is 8.08. The van der Waals surface area contributed by atoms with Gasteiger partial charge in [-0.15, -0.1) is 0 Å². The Balaban J connectivity index is 1.58. The fraction of sp³-hybridized carbons (Fsp3) is 0.182. The maximum Gasteiger partial charge on any atom is 0.416 e. The van der Waals surface area contributed by atoms with Gasteiger partial charge in [-0.05, 0) is 36.8 Å². The third-order valence-corrected chi connectivity index (χ3v) is 5.28. The van der Waals surface area contributed by atoms with E-state index in [0.717, 1.165) is 17.0 Å². The number of carbonyl (C=O) groups is 3. The Morgan fingerprint density at radius 2 is 1.85 bits per heavy atom. The minimum absolute atomic E-state index is 0.170. The summed E-state index contributed by atoms with van der Waals surface area (Å²) in [7, 11) is 0. The molecule has 0 radical (unpaired) electrons.